The number of halogens is 1. The van der Waals surface area contributed by atoms with Crippen LogP contribution < -0.4 is 5.73 Å². The van der Waals surface area contributed by atoms with Gasteiger partial charge in [-0.05, 0) is 28.1 Å². The van der Waals surface area contributed by atoms with Crippen LogP contribution in [0.25, 0.3) is 0 Å². The van der Waals surface area contributed by atoms with Crippen LogP contribution in [-0.4, -0.2) is 36.9 Å². The number of hydrogen-bond acceptors (Lipinski definition) is 5. The van der Waals surface area contributed by atoms with E-state index in [9.17, 15) is 8.42 Å². The molecule has 0 aromatic carbocycles. The summed E-state index contributed by atoms with van der Waals surface area (Å²) in [6.45, 7) is 3.95. The third-order valence-corrected chi connectivity index (χ3v) is 6.63. The molecule has 1 rings (SSSR count). The largest absolute Gasteiger partial charge is 0.409 e. The molecule has 0 aliphatic carbocycles. The fraction of sp³-hybridized carbons (Fsp3) is 0.500. The summed E-state index contributed by atoms with van der Waals surface area (Å²) in [5.74, 6) is -0.343. The highest BCUT2D eigenvalue weighted by molar-refractivity contribution is 9.11. The smallest absolute Gasteiger partial charge is 0.252 e. The quantitative estimate of drug-likeness (QED) is 0.346. The van der Waals surface area contributed by atoms with E-state index in [1.807, 2.05) is 0 Å². The van der Waals surface area contributed by atoms with Crippen LogP contribution in [0.2, 0.25) is 0 Å². The Labute approximate surface area is 125 Å². The number of nitrogens with two attached hydrogens (primary N) is 1. The molecule has 0 amide bonds. The van der Waals surface area contributed by atoms with Gasteiger partial charge >= 0.3 is 0 Å². The van der Waals surface area contributed by atoms with Crippen LogP contribution in [0.1, 0.15) is 13.8 Å². The lowest BCUT2D eigenvalue weighted by Gasteiger charge is -2.22. The van der Waals surface area contributed by atoms with E-state index in [0.717, 1.165) is 15.1 Å². The summed E-state index contributed by atoms with van der Waals surface area (Å²) in [6.07, 6.45) is 0. The van der Waals surface area contributed by atoms with E-state index in [0.29, 0.717) is 6.54 Å². The molecule has 108 valence electrons. The molecule has 0 bridgehead atoms. The number of amidine groups is 1. The molecule has 1 atom stereocenters. The maximum Gasteiger partial charge on any atom is 0.252 e. The van der Waals surface area contributed by atoms with Crippen molar-refractivity contribution in [1.82, 2.24) is 4.31 Å². The molecule has 0 saturated heterocycles. The van der Waals surface area contributed by atoms with Crippen molar-refractivity contribution in [2.75, 3.05) is 13.1 Å². The minimum atomic E-state index is -3.54. The number of rotatable bonds is 6. The lowest BCUT2D eigenvalue weighted by molar-refractivity contribution is 0.311. The molecular weight excluding hydrogens is 354 g/mol. The van der Waals surface area contributed by atoms with Crippen molar-refractivity contribution in [2.24, 2.45) is 16.8 Å². The molecule has 6 nitrogen and oxygen atoms in total. The van der Waals surface area contributed by atoms with Crippen molar-refractivity contribution in [1.29, 1.82) is 0 Å². The molecule has 19 heavy (non-hydrogen) atoms. The van der Waals surface area contributed by atoms with E-state index in [2.05, 4.69) is 21.1 Å². The lowest BCUT2D eigenvalue weighted by Crippen LogP contribution is -2.38. The monoisotopic (exact) mass is 369 g/mol. The number of nitrogens with zero attached hydrogens (tertiary/aromatic N) is 2. The van der Waals surface area contributed by atoms with Crippen LogP contribution in [0.15, 0.2) is 25.3 Å². The van der Waals surface area contributed by atoms with Gasteiger partial charge in [-0.15, -0.1) is 11.3 Å². The summed E-state index contributed by atoms with van der Waals surface area (Å²) in [6, 6.07) is 3.25. The number of sulfonamides is 1. The third kappa shape index (κ3) is 3.91. The first-order valence-electron chi connectivity index (χ1n) is 5.55. The van der Waals surface area contributed by atoms with Gasteiger partial charge in [-0.1, -0.05) is 19.0 Å². The summed E-state index contributed by atoms with van der Waals surface area (Å²) >= 11 is 4.40. The van der Waals surface area contributed by atoms with Crippen LogP contribution in [0.3, 0.4) is 0 Å². The molecule has 9 heteroatoms. The Morgan fingerprint density at radius 1 is 1.63 bits per heavy atom. The summed E-state index contributed by atoms with van der Waals surface area (Å²) in [7, 11) is -3.54. The Hall–Kier alpha value is -0.640. The van der Waals surface area contributed by atoms with Gasteiger partial charge in [0.25, 0.3) is 10.0 Å². The van der Waals surface area contributed by atoms with Gasteiger partial charge in [-0.3, -0.25) is 0 Å². The maximum atomic E-state index is 12.4. The predicted octanol–water partition coefficient (Wildman–Crippen LogP) is 1.90. The molecule has 1 unspecified atom stereocenters. The van der Waals surface area contributed by atoms with Gasteiger partial charge in [0.2, 0.25) is 0 Å². The van der Waals surface area contributed by atoms with E-state index in [1.54, 1.807) is 26.0 Å². The van der Waals surface area contributed by atoms with Crippen molar-refractivity contribution >= 4 is 43.1 Å². The van der Waals surface area contributed by atoms with Gasteiger partial charge in [-0.2, -0.15) is 4.31 Å². The number of hydrogen-bond donors (Lipinski definition) is 2. The molecule has 3 N–H and O–H groups in total. The first-order chi connectivity index (χ1) is 8.82. The fourth-order valence-electron chi connectivity index (χ4n) is 1.46. The maximum absolute atomic E-state index is 12.4. The highest BCUT2D eigenvalue weighted by Gasteiger charge is 2.27. The summed E-state index contributed by atoms with van der Waals surface area (Å²) < 4.78 is 27.1. The van der Waals surface area contributed by atoms with Gasteiger partial charge in [0.05, 0.1) is 3.79 Å². The van der Waals surface area contributed by atoms with Gasteiger partial charge in [0.1, 0.15) is 10.0 Å². The first-order valence-corrected chi connectivity index (χ1v) is 8.60. The molecule has 1 aromatic heterocycles. The van der Waals surface area contributed by atoms with Crippen molar-refractivity contribution in [3.63, 3.8) is 0 Å². The molecular formula is C10H16BrN3O3S2. The van der Waals surface area contributed by atoms with Gasteiger partial charge < -0.3 is 10.9 Å². The molecule has 0 spiro atoms. The first kappa shape index (κ1) is 16.4. The summed E-state index contributed by atoms with van der Waals surface area (Å²) in [4.78, 5) is 0. The van der Waals surface area contributed by atoms with Crippen molar-refractivity contribution in [3.05, 3.63) is 15.9 Å². The topological polar surface area (TPSA) is 96.0 Å². The second-order valence-corrected chi connectivity index (χ2v) is 8.57. The average Bonchev–Trinajstić information content (AvgIpc) is 2.81. The zero-order valence-electron chi connectivity index (χ0n) is 10.6. The third-order valence-electron chi connectivity index (χ3n) is 2.59. The molecule has 0 saturated carbocycles. The zero-order chi connectivity index (χ0) is 14.6. The second-order valence-electron chi connectivity index (χ2n) is 3.94. The summed E-state index contributed by atoms with van der Waals surface area (Å²) in [5, 5.41) is 11.5. The minimum Gasteiger partial charge on any atom is -0.409 e. The molecule has 0 aliphatic heterocycles. The van der Waals surface area contributed by atoms with Crippen LogP contribution in [-0.2, 0) is 10.0 Å². The zero-order valence-corrected chi connectivity index (χ0v) is 13.8. The summed E-state index contributed by atoms with van der Waals surface area (Å²) in [5.41, 5.74) is 5.48. The van der Waals surface area contributed by atoms with E-state index in [4.69, 9.17) is 10.9 Å². The normalized spacial score (nSPS) is 14.8. The lowest BCUT2D eigenvalue weighted by atomic mass is 10.1. The Morgan fingerprint density at radius 3 is 2.68 bits per heavy atom. The van der Waals surface area contributed by atoms with Crippen molar-refractivity contribution in [3.8, 4) is 0 Å². The van der Waals surface area contributed by atoms with E-state index < -0.39 is 10.0 Å². The van der Waals surface area contributed by atoms with E-state index in [1.165, 1.54) is 4.31 Å². The molecule has 0 fully saturated rings. The van der Waals surface area contributed by atoms with Crippen molar-refractivity contribution in [2.45, 2.75) is 18.1 Å². The van der Waals surface area contributed by atoms with Crippen molar-refractivity contribution < 1.29 is 13.6 Å². The fourth-order valence-corrected chi connectivity index (χ4v) is 5.16. The van der Waals surface area contributed by atoms with Crippen LogP contribution in [0.5, 0.6) is 0 Å². The van der Waals surface area contributed by atoms with Crippen LogP contribution in [0, 0.1) is 5.92 Å². The van der Waals surface area contributed by atoms with E-state index >= 15 is 0 Å². The molecule has 1 heterocycles. The highest BCUT2D eigenvalue weighted by Crippen LogP contribution is 2.28. The Balaban J connectivity index is 2.97. The predicted molar refractivity (Wildman–Crippen MR) is 79.0 cm³/mol. The number of oxime groups is 1. The van der Waals surface area contributed by atoms with E-state index in [-0.39, 0.29) is 22.5 Å². The highest BCUT2D eigenvalue weighted by atomic mass is 79.9. The molecule has 0 radical (unpaired) electrons. The Morgan fingerprint density at radius 2 is 2.26 bits per heavy atom. The average molecular weight is 370 g/mol. The standard InChI is InChI=1S/C10H16BrN3O3S2/c1-3-14(6-7(2)10(12)13-15)19(16,17)9-5-4-8(11)18-9/h4-5,7,15H,3,6H2,1-2H3,(H2,12,13). The van der Waals surface area contributed by atoms with Gasteiger partial charge in [0, 0.05) is 19.0 Å². The van der Waals surface area contributed by atoms with Crippen LogP contribution in [0.4, 0.5) is 0 Å². The Bertz CT molecular complexity index is 556. The van der Waals surface area contributed by atoms with Gasteiger partial charge in [-0.25, -0.2) is 8.42 Å². The number of thiophene rings is 1. The van der Waals surface area contributed by atoms with Gasteiger partial charge in [0.15, 0.2) is 0 Å². The SMILES string of the molecule is CCN(CC(C)/C(N)=N/O)S(=O)(=O)c1ccc(Br)s1. The molecule has 1 aromatic rings. The minimum absolute atomic E-state index is 0.0148. The van der Waals surface area contributed by atoms with Crippen LogP contribution >= 0.6 is 27.3 Å². The molecule has 0 aliphatic rings. The second kappa shape index (κ2) is 6.69. The Kier molecular flexibility index (Phi) is 5.78.